The summed E-state index contributed by atoms with van der Waals surface area (Å²) in [5, 5.41) is 15.2. The summed E-state index contributed by atoms with van der Waals surface area (Å²) in [5.41, 5.74) is 0. The van der Waals surface area contributed by atoms with Gasteiger partial charge in [-0.2, -0.15) is 0 Å². The Morgan fingerprint density at radius 2 is 2.11 bits per heavy atom. The van der Waals surface area contributed by atoms with Crippen LogP contribution in [0.1, 0.15) is 6.42 Å². The number of aliphatic hydroxyl groups is 1. The summed E-state index contributed by atoms with van der Waals surface area (Å²) in [6.45, 7) is 1.15. The highest BCUT2D eigenvalue weighted by atomic mass is 79.9. The summed E-state index contributed by atoms with van der Waals surface area (Å²) in [6, 6.07) is 7.41. The standard InChI is InChI=1S/C13H19BrN2O3/c1-15-13(18)6-7-16-8-11(17)9-19-12-4-2-10(14)3-5-12/h2-5,11,16-17H,6-9H2,1H3,(H,15,18). The molecule has 0 aliphatic rings. The number of amides is 1. The minimum Gasteiger partial charge on any atom is -0.491 e. The molecule has 0 spiro atoms. The molecule has 1 amide bonds. The van der Waals surface area contributed by atoms with Crippen molar-refractivity contribution < 1.29 is 14.6 Å². The first kappa shape index (κ1) is 15.9. The number of rotatable bonds is 8. The van der Waals surface area contributed by atoms with Gasteiger partial charge in [-0.05, 0) is 24.3 Å². The lowest BCUT2D eigenvalue weighted by molar-refractivity contribution is -0.120. The van der Waals surface area contributed by atoms with Gasteiger partial charge in [0.15, 0.2) is 0 Å². The maximum Gasteiger partial charge on any atom is 0.221 e. The van der Waals surface area contributed by atoms with Crippen LogP contribution in [-0.2, 0) is 4.79 Å². The molecular weight excluding hydrogens is 312 g/mol. The van der Waals surface area contributed by atoms with Crippen LogP contribution in [0.3, 0.4) is 0 Å². The summed E-state index contributed by atoms with van der Waals surface area (Å²) >= 11 is 3.34. The van der Waals surface area contributed by atoms with Gasteiger partial charge in [-0.3, -0.25) is 4.79 Å². The number of hydrogen-bond acceptors (Lipinski definition) is 4. The quantitative estimate of drug-likeness (QED) is 0.620. The fourth-order valence-corrected chi connectivity index (χ4v) is 1.64. The van der Waals surface area contributed by atoms with Gasteiger partial charge in [0, 0.05) is 31.0 Å². The summed E-state index contributed by atoms with van der Waals surface area (Å²) in [6.07, 6.45) is -0.204. The van der Waals surface area contributed by atoms with E-state index in [1.165, 1.54) is 0 Å². The molecule has 0 saturated carbocycles. The number of nitrogens with one attached hydrogen (secondary N) is 2. The third-order valence-corrected chi connectivity index (χ3v) is 2.97. The number of benzene rings is 1. The average Bonchev–Trinajstić information content (AvgIpc) is 2.42. The molecule has 0 heterocycles. The van der Waals surface area contributed by atoms with E-state index in [2.05, 4.69) is 26.6 Å². The van der Waals surface area contributed by atoms with Gasteiger partial charge in [0.1, 0.15) is 18.5 Å². The van der Waals surface area contributed by atoms with Gasteiger partial charge in [0.05, 0.1) is 0 Å². The molecule has 1 aromatic carbocycles. The maximum atomic E-state index is 11.0. The molecule has 6 heteroatoms. The van der Waals surface area contributed by atoms with Crippen LogP contribution in [0.4, 0.5) is 0 Å². The van der Waals surface area contributed by atoms with E-state index < -0.39 is 6.10 Å². The van der Waals surface area contributed by atoms with Gasteiger partial charge in [0.25, 0.3) is 0 Å². The van der Waals surface area contributed by atoms with Crippen molar-refractivity contribution in [1.82, 2.24) is 10.6 Å². The van der Waals surface area contributed by atoms with E-state index in [9.17, 15) is 9.90 Å². The zero-order valence-corrected chi connectivity index (χ0v) is 12.4. The highest BCUT2D eigenvalue weighted by Gasteiger charge is 2.05. The Kier molecular flexibility index (Phi) is 7.47. The Morgan fingerprint density at radius 1 is 1.42 bits per heavy atom. The predicted molar refractivity (Wildman–Crippen MR) is 77.2 cm³/mol. The first-order chi connectivity index (χ1) is 9.11. The summed E-state index contributed by atoms with van der Waals surface area (Å²) in [7, 11) is 1.60. The van der Waals surface area contributed by atoms with E-state index in [0.717, 1.165) is 4.47 Å². The topological polar surface area (TPSA) is 70.6 Å². The second-order valence-electron chi connectivity index (χ2n) is 4.05. The average molecular weight is 331 g/mol. The van der Waals surface area contributed by atoms with Crippen LogP contribution in [0.15, 0.2) is 28.7 Å². The van der Waals surface area contributed by atoms with Crippen molar-refractivity contribution in [2.24, 2.45) is 0 Å². The Morgan fingerprint density at radius 3 is 2.74 bits per heavy atom. The van der Waals surface area contributed by atoms with Crippen molar-refractivity contribution >= 4 is 21.8 Å². The number of aliphatic hydroxyl groups excluding tert-OH is 1. The second kappa shape index (κ2) is 8.90. The highest BCUT2D eigenvalue weighted by molar-refractivity contribution is 9.10. The smallest absolute Gasteiger partial charge is 0.221 e. The van der Waals surface area contributed by atoms with Crippen LogP contribution in [0, 0.1) is 0 Å². The Hall–Kier alpha value is -1.11. The Balaban J connectivity index is 2.12. The van der Waals surface area contributed by atoms with Crippen LogP contribution in [0.5, 0.6) is 5.75 Å². The molecule has 3 N–H and O–H groups in total. The molecule has 0 aliphatic heterocycles. The zero-order valence-electron chi connectivity index (χ0n) is 10.9. The van der Waals surface area contributed by atoms with E-state index in [4.69, 9.17) is 4.74 Å². The SMILES string of the molecule is CNC(=O)CCNCC(O)COc1ccc(Br)cc1. The molecule has 0 aromatic heterocycles. The monoisotopic (exact) mass is 330 g/mol. The highest BCUT2D eigenvalue weighted by Crippen LogP contribution is 2.16. The van der Waals surface area contributed by atoms with E-state index >= 15 is 0 Å². The summed E-state index contributed by atoms with van der Waals surface area (Å²) in [4.78, 5) is 11.0. The molecule has 0 saturated heterocycles. The van der Waals surface area contributed by atoms with E-state index in [-0.39, 0.29) is 12.5 Å². The second-order valence-corrected chi connectivity index (χ2v) is 4.96. The van der Waals surface area contributed by atoms with Crippen LogP contribution in [0.2, 0.25) is 0 Å². The van der Waals surface area contributed by atoms with Gasteiger partial charge < -0.3 is 20.5 Å². The molecule has 0 bridgehead atoms. The molecule has 0 aliphatic carbocycles. The third kappa shape index (κ3) is 7.15. The molecule has 1 rings (SSSR count). The number of ether oxygens (including phenoxy) is 1. The van der Waals surface area contributed by atoms with Gasteiger partial charge >= 0.3 is 0 Å². The van der Waals surface area contributed by atoms with Gasteiger partial charge in [-0.25, -0.2) is 0 Å². The first-order valence-electron chi connectivity index (χ1n) is 6.09. The van der Waals surface area contributed by atoms with Gasteiger partial charge in [-0.1, -0.05) is 15.9 Å². The molecule has 1 aromatic rings. The van der Waals surface area contributed by atoms with E-state index in [1.54, 1.807) is 7.05 Å². The molecule has 1 atom stereocenters. The molecule has 1 unspecified atom stereocenters. The Bertz CT molecular complexity index is 384. The largest absolute Gasteiger partial charge is 0.491 e. The third-order valence-electron chi connectivity index (χ3n) is 2.44. The fraction of sp³-hybridized carbons (Fsp3) is 0.462. The molecule has 0 radical (unpaired) electrons. The summed E-state index contributed by atoms with van der Waals surface area (Å²) < 4.78 is 6.41. The molecule has 106 valence electrons. The predicted octanol–water partition coefficient (Wildman–Crippen LogP) is 0.915. The van der Waals surface area contributed by atoms with Crippen LogP contribution in [0.25, 0.3) is 0 Å². The van der Waals surface area contributed by atoms with E-state index in [0.29, 0.717) is 25.3 Å². The van der Waals surface area contributed by atoms with Crippen molar-refractivity contribution in [3.8, 4) is 5.75 Å². The van der Waals surface area contributed by atoms with E-state index in [1.807, 2.05) is 24.3 Å². The van der Waals surface area contributed by atoms with Crippen molar-refractivity contribution in [2.75, 3.05) is 26.7 Å². The van der Waals surface area contributed by atoms with Gasteiger partial charge in [0.2, 0.25) is 5.91 Å². The number of halogens is 1. The minimum atomic E-state index is -0.603. The normalized spacial score (nSPS) is 11.9. The minimum absolute atomic E-state index is 0.0203. The Labute approximate surface area is 121 Å². The van der Waals surface area contributed by atoms with Crippen molar-refractivity contribution in [1.29, 1.82) is 0 Å². The number of hydrogen-bond donors (Lipinski definition) is 3. The fourth-order valence-electron chi connectivity index (χ4n) is 1.38. The molecule has 19 heavy (non-hydrogen) atoms. The summed E-state index contributed by atoms with van der Waals surface area (Å²) in [5.74, 6) is 0.695. The first-order valence-corrected chi connectivity index (χ1v) is 6.89. The lowest BCUT2D eigenvalue weighted by Crippen LogP contribution is -2.33. The van der Waals surface area contributed by atoms with Crippen LogP contribution < -0.4 is 15.4 Å². The maximum absolute atomic E-state index is 11.0. The van der Waals surface area contributed by atoms with Crippen molar-refractivity contribution in [3.63, 3.8) is 0 Å². The molecule has 0 fully saturated rings. The molecular formula is C13H19BrN2O3. The zero-order chi connectivity index (χ0) is 14.1. The lowest BCUT2D eigenvalue weighted by Gasteiger charge is -2.13. The van der Waals surface area contributed by atoms with Crippen LogP contribution in [-0.4, -0.2) is 43.9 Å². The molecule has 5 nitrogen and oxygen atoms in total. The van der Waals surface area contributed by atoms with Crippen LogP contribution >= 0.6 is 15.9 Å². The number of carbonyl (C=O) groups is 1. The lowest BCUT2D eigenvalue weighted by atomic mass is 10.3. The number of carbonyl (C=O) groups excluding carboxylic acids is 1. The van der Waals surface area contributed by atoms with Crippen molar-refractivity contribution in [2.45, 2.75) is 12.5 Å². The van der Waals surface area contributed by atoms with Crippen molar-refractivity contribution in [3.05, 3.63) is 28.7 Å². The van der Waals surface area contributed by atoms with Gasteiger partial charge in [-0.15, -0.1) is 0 Å².